The lowest BCUT2D eigenvalue weighted by Gasteiger charge is -2.25. The number of amides is 1. The number of anilines is 1. The van der Waals surface area contributed by atoms with Crippen molar-refractivity contribution in [1.82, 2.24) is 9.97 Å². The standard InChI is InChI=1S/C15H12Br3N3OS/c1-7-3-11(20-8(2)14(7)18)21-12(22)6-23-15(21)13-9(16)4-19-5-10(13)17/h3-5,15H,6H2,1-2H3. The molecule has 1 unspecified atom stereocenters. The summed E-state index contributed by atoms with van der Waals surface area (Å²) in [6.45, 7) is 3.94. The van der Waals surface area contributed by atoms with Gasteiger partial charge in [0.05, 0.1) is 11.4 Å². The Bertz CT molecular complexity index is 756. The molecule has 1 aliphatic heterocycles. The Balaban J connectivity index is 2.11. The fourth-order valence-electron chi connectivity index (χ4n) is 2.46. The summed E-state index contributed by atoms with van der Waals surface area (Å²) in [5.41, 5.74) is 2.93. The zero-order valence-electron chi connectivity index (χ0n) is 12.3. The minimum atomic E-state index is -0.137. The van der Waals surface area contributed by atoms with Crippen LogP contribution in [0.5, 0.6) is 0 Å². The van der Waals surface area contributed by atoms with Gasteiger partial charge in [0, 0.05) is 31.4 Å². The summed E-state index contributed by atoms with van der Waals surface area (Å²) in [4.78, 5) is 23.0. The van der Waals surface area contributed by atoms with Crippen LogP contribution in [0.25, 0.3) is 0 Å². The number of aromatic nitrogens is 2. The number of thioether (sulfide) groups is 1. The van der Waals surface area contributed by atoms with E-state index in [-0.39, 0.29) is 11.3 Å². The topological polar surface area (TPSA) is 46.1 Å². The number of nitrogens with zero attached hydrogens (tertiary/aromatic N) is 3. The monoisotopic (exact) mass is 519 g/mol. The average Bonchev–Trinajstić information content (AvgIpc) is 2.86. The van der Waals surface area contributed by atoms with Gasteiger partial charge in [0.15, 0.2) is 0 Å². The highest BCUT2D eigenvalue weighted by atomic mass is 79.9. The van der Waals surface area contributed by atoms with Gasteiger partial charge in [-0.1, -0.05) is 0 Å². The van der Waals surface area contributed by atoms with E-state index in [4.69, 9.17) is 0 Å². The molecule has 8 heteroatoms. The van der Waals surface area contributed by atoms with E-state index in [9.17, 15) is 4.79 Å². The van der Waals surface area contributed by atoms with Crippen LogP contribution in [0, 0.1) is 13.8 Å². The largest absolute Gasteiger partial charge is 0.279 e. The van der Waals surface area contributed by atoms with Gasteiger partial charge in [0.1, 0.15) is 11.2 Å². The number of rotatable bonds is 2. The van der Waals surface area contributed by atoms with Gasteiger partial charge in [-0.05, 0) is 73.3 Å². The van der Waals surface area contributed by atoms with Crippen LogP contribution >= 0.6 is 59.6 Å². The molecule has 4 nitrogen and oxygen atoms in total. The lowest BCUT2D eigenvalue weighted by atomic mass is 10.2. The van der Waals surface area contributed by atoms with Crippen molar-refractivity contribution < 1.29 is 4.79 Å². The number of hydrogen-bond donors (Lipinski definition) is 0. The first-order chi connectivity index (χ1) is 10.9. The van der Waals surface area contributed by atoms with Crippen molar-refractivity contribution in [3.63, 3.8) is 0 Å². The van der Waals surface area contributed by atoms with Crippen LogP contribution in [-0.2, 0) is 4.79 Å². The fraction of sp³-hybridized carbons (Fsp3) is 0.267. The summed E-state index contributed by atoms with van der Waals surface area (Å²) in [5, 5.41) is -0.137. The van der Waals surface area contributed by atoms with Crippen LogP contribution in [-0.4, -0.2) is 21.6 Å². The summed E-state index contributed by atoms with van der Waals surface area (Å²) in [7, 11) is 0. The highest BCUT2D eigenvalue weighted by Crippen LogP contribution is 2.46. The van der Waals surface area contributed by atoms with Gasteiger partial charge >= 0.3 is 0 Å². The van der Waals surface area contributed by atoms with Gasteiger partial charge in [-0.25, -0.2) is 4.98 Å². The molecule has 0 saturated carbocycles. The Hall–Kier alpha value is -0.440. The molecule has 1 aliphatic rings. The first-order valence-electron chi connectivity index (χ1n) is 6.76. The van der Waals surface area contributed by atoms with E-state index in [1.54, 1.807) is 29.1 Å². The summed E-state index contributed by atoms with van der Waals surface area (Å²) < 4.78 is 2.72. The van der Waals surface area contributed by atoms with Gasteiger partial charge < -0.3 is 0 Å². The maximum Gasteiger partial charge on any atom is 0.239 e. The van der Waals surface area contributed by atoms with Crippen molar-refractivity contribution in [1.29, 1.82) is 0 Å². The third-order valence-electron chi connectivity index (χ3n) is 3.54. The van der Waals surface area contributed by atoms with Gasteiger partial charge in [-0.3, -0.25) is 14.7 Å². The molecular formula is C15H12Br3N3OS. The fourth-order valence-corrected chi connectivity index (χ4v) is 5.57. The lowest BCUT2D eigenvalue weighted by Crippen LogP contribution is -2.29. The van der Waals surface area contributed by atoms with Gasteiger partial charge in [-0.2, -0.15) is 0 Å². The normalized spacial score (nSPS) is 17.9. The molecule has 0 spiro atoms. The molecule has 2 aromatic heterocycles. The van der Waals surface area contributed by atoms with Crippen molar-refractivity contribution >= 4 is 71.3 Å². The number of pyridine rings is 2. The Kier molecular flexibility index (Phi) is 5.15. The Labute approximate surface area is 163 Å². The summed E-state index contributed by atoms with van der Waals surface area (Å²) in [6.07, 6.45) is 3.49. The Morgan fingerprint density at radius 1 is 1.22 bits per heavy atom. The van der Waals surface area contributed by atoms with Crippen molar-refractivity contribution in [2.24, 2.45) is 0 Å². The smallest absolute Gasteiger partial charge is 0.239 e. The minimum Gasteiger partial charge on any atom is -0.279 e. The van der Waals surface area contributed by atoms with Gasteiger partial charge in [-0.15, -0.1) is 11.8 Å². The van der Waals surface area contributed by atoms with Crippen molar-refractivity contribution in [3.05, 3.63) is 48.7 Å². The maximum absolute atomic E-state index is 12.5. The highest BCUT2D eigenvalue weighted by Gasteiger charge is 2.37. The molecule has 1 amide bonds. The number of halogens is 3. The van der Waals surface area contributed by atoms with Gasteiger partial charge in [0.2, 0.25) is 5.91 Å². The Morgan fingerprint density at radius 3 is 2.48 bits per heavy atom. The molecule has 0 N–H and O–H groups in total. The molecule has 23 heavy (non-hydrogen) atoms. The van der Waals surface area contributed by atoms with Crippen molar-refractivity contribution in [2.45, 2.75) is 19.2 Å². The molecule has 0 bridgehead atoms. The molecular weight excluding hydrogens is 510 g/mol. The quantitative estimate of drug-likeness (QED) is 0.547. The molecule has 1 fully saturated rings. The van der Waals surface area contributed by atoms with Crippen molar-refractivity contribution in [2.75, 3.05) is 10.7 Å². The number of carbonyl (C=O) groups excluding carboxylic acids is 1. The van der Waals surface area contributed by atoms with Crippen LogP contribution < -0.4 is 4.90 Å². The second-order valence-corrected chi connectivity index (χ2v) is 8.71. The summed E-state index contributed by atoms with van der Waals surface area (Å²) in [5.74, 6) is 1.17. The van der Waals surface area contributed by atoms with Crippen LogP contribution in [0.2, 0.25) is 0 Å². The van der Waals surface area contributed by atoms with E-state index < -0.39 is 0 Å². The van der Waals surface area contributed by atoms with Crippen molar-refractivity contribution in [3.8, 4) is 0 Å². The molecule has 0 aromatic carbocycles. The molecule has 3 heterocycles. The third-order valence-corrected chi connectivity index (χ3v) is 7.18. The van der Waals surface area contributed by atoms with E-state index in [0.29, 0.717) is 11.6 Å². The predicted octanol–water partition coefficient (Wildman–Crippen LogP) is 5.16. The minimum absolute atomic E-state index is 0.0595. The molecule has 1 atom stereocenters. The third kappa shape index (κ3) is 3.23. The first kappa shape index (κ1) is 17.4. The molecule has 3 rings (SSSR count). The highest BCUT2D eigenvalue weighted by molar-refractivity contribution is 9.11. The van der Waals surface area contributed by atoms with Crippen LogP contribution in [0.15, 0.2) is 31.9 Å². The zero-order chi connectivity index (χ0) is 16.7. The zero-order valence-corrected chi connectivity index (χ0v) is 17.9. The number of carbonyl (C=O) groups is 1. The second-order valence-electron chi connectivity index (χ2n) is 5.14. The summed E-state index contributed by atoms with van der Waals surface area (Å²) >= 11 is 12.2. The van der Waals surface area contributed by atoms with E-state index in [1.807, 2.05) is 19.9 Å². The molecule has 0 aliphatic carbocycles. The van der Waals surface area contributed by atoms with E-state index in [2.05, 4.69) is 57.8 Å². The van der Waals surface area contributed by atoms with E-state index >= 15 is 0 Å². The Morgan fingerprint density at radius 2 is 1.87 bits per heavy atom. The first-order valence-corrected chi connectivity index (χ1v) is 10.2. The predicted molar refractivity (Wildman–Crippen MR) is 104 cm³/mol. The van der Waals surface area contributed by atoms with Crippen LogP contribution in [0.4, 0.5) is 5.82 Å². The number of hydrogen-bond acceptors (Lipinski definition) is 4. The van der Waals surface area contributed by atoms with E-state index in [1.165, 1.54) is 0 Å². The molecule has 1 saturated heterocycles. The average molecular weight is 522 g/mol. The second kappa shape index (κ2) is 6.82. The number of aryl methyl sites for hydroxylation is 2. The molecule has 120 valence electrons. The van der Waals surface area contributed by atoms with Crippen LogP contribution in [0.1, 0.15) is 22.2 Å². The van der Waals surface area contributed by atoms with E-state index in [0.717, 1.165) is 30.2 Å². The SMILES string of the molecule is Cc1cc(N2C(=O)CSC2c2c(Br)cncc2Br)nc(C)c1Br. The molecule has 0 radical (unpaired) electrons. The molecule has 2 aromatic rings. The van der Waals surface area contributed by atoms with Gasteiger partial charge in [0.25, 0.3) is 0 Å². The lowest BCUT2D eigenvalue weighted by molar-refractivity contribution is -0.115. The van der Waals surface area contributed by atoms with Crippen LogP contribution in [0.3, 0.4) is 0 Å². The maximum atomic E-state index is 12.5. The summed E-state index contributed by atoms with van der Waals surface area (Å²) in [6, 6.07) is 1.94.